The Bertz CT molecular complexity index is 597. The van der Waals surface area contributed by atoms with Gasteiger partial charge in [-0.15, -0.1) is 0 Å². The number of halogens is 2. The number of anilines is 1. The molecule has 4 nitrogen and oxygen atoms in total. The Kier molecular flexibility index (Phi) is 4.50. The first-order chi connectivity index (χ1) is 9.13. The van der Waals surface area contributed by atoms with Gasteiger partial charge in [0.2, 0.25) is 5.76 Å². The Balaban J connectivity index is 2.13. The Morgan fingerprint density at radius 2 is 2.26 bits per heavy atom. The van der Waals surface area contributed by atoms with E-state index in [1.165, 1.54) is 13.4 Å². The molecule has 0 unspecified atom stereocenters. The van der Waals surface area contributed by atoms with Crippen LogP contribution in [0.4, 0.5) is 5.69 Å². The summed E-state index contributed by atoms with van der Waals surface area (Å²) in [4.78, 5) is 11.5. The molecule has 1 aromatic heterocycles. The van der Waals surface area contributed by atoms with Crippen LogP contribution in [0.15, 0.2) is 39.4 Å². The quantitative estimate of drug-likeness (QED) is 0.849. The van der Waals surface area contributed by atoms with E-state index >= 15 is 0 Å². The summed E-state index contributed by atoms with van der Waals surface area (Å²) < 4.78 is 10.5. The van der Waals surface area contributed by atoms with Crippen LogP contribution < -0.4 is 5.32 Å². The number of rotatable bonds is 4. The van der Waals surface area contributed by atoms with Gasteiger partial charge < -0.3 is 14.5 Å². The zero-order chi connectivity index (χ0) is 13.8. The number of esters is 1. The summed E-state index contributed by atoms with van der Waals surface area (Å²) in [6.45, 7) is 0.430. The highest BCUT2D eigenvalue weighted by atomic mass is 79.9. The molecule has 2 rings (SSSR count). The second-order valence-electron chi connectivity index (χ2n) is 3.72. The van der Waals surface area contributed by atoms with E-state index in [0.29, 0.717) is 11.6 Å². The number of methoxy groups -OCH3 is 1. The van der Waals surface area contributed by atoms with Gasteiger partial charge in [0, 0.05) is 12.1 Å². The molecule has 0 spiro atoms. The van der Waals surface area contributed by atoms with Gasteiger partial charge in [0.1, 0.15) is 0 Å². The van der Waals surface area contributed by atoms with E-state index in [0.717, 1.165) is 15.7 Å². The number of hydrogen-bond donors (Lipinski definition) is 1. The number of carbonyl (C=O) groups is 1. The van der Waals surface area contributed by atoms with E-state index in [9.17, 15) is 4.79 Å². The lowest BCUT2D eigenvalue weighted by molar-refractivity contribution is 0.0563. The van der Waals surface area contributed by atoms with Gasteiger partial charge in [-0.25, -0.2) is 4.79 Å². The molecule has 1 aromatic carbocycles. The molecule has 6 heteroatoms. The van der Waals surface area contributed by atoms with Crippen LogP contribution in [0.5, 0.6) is 0 Å². The Labute approximate surface area is 123 Å². The summed E-state index contributed by atoms with van der Waals surface area (Å²) in [5, 5.41) is 3.79. The number of hydrogen-bond acceptors (Lipinski definition) is 4. The fourth-order valence-electron chi connectivity index (χ4n) is 1.58. The van der Waals surface area contributed by atoms with Crippen molar-refractivity contribution in [1.29, 1.82) is 0 Å². The van der Waals surface area contributed by atoms with E-state index in [-0.39, 0.29) is 5.76 Å². The fourth-order valence-corrected chi connectivity index (χ4v) is 2.16. The number of furan rings is 1. The summed E-state index contributed by atoms with van der Waals surface area (Å²) in [5.74, 6) is -0.292. The maximum absolute atomic E-state index is 11.5. The summed E-state index contributed by atoms with van der Waals surface area (Å²) in [7, 11) is 1.32. The smallest absolute Gasteiger partial charge is 0.374 e. The van der Waals surface area contributed by atoms with Crippen LogP contribution in [0.2, 0.25) is 5.02 Å². The lowest BCUT2D eigenvalue weighted by atomic mass is 10.2. The van der Waals surface area contributed by atoms with Crippen molar-refractivity contribution in [1.82, 2.24) is 0 Å². The van der Waals surface area contributed by atoms with Crippen LogP contribution in [0, 0.1) is 0 Å². The summed E-state index contributed by atoms with van der Waals surface area (Å²) in [5.41, 5.74) is 1.56. The van der Waals surface area contributed by atoms with Crippen LogP contribution in [0.3, 0.4) is 0 Å². The maximum atomic E-state index is 11.5. The molecule has 0 bridgehead atoms. The second-order valence-corrected chi connectivity index (χ2v) is 4.92. The molecule has 0 fully saturated rings. The van der Waals surface area contributed by atoms with Gasteiger partial charge in [0.25, 0.3) is 0 Å². The first kappa shape index (κ1) is 14.0. The van der Waals surface area contributed by atoms with Crippen LogP contribution in [0.1, 0.15) is 16.1 Å². The first-order valence-electron chi connectivity index (χ1n) is 5.46. The highest BCUT2D eigenvalue weighted by molar-refractivity contribution is 9.10. The van der Waals surface area contributed by atoms with Crippen LogP contribution in [-0.4, -0.2) is 13.1 Å². The number of carbonyl (C=O) groups excluding carboxylic acids is 1. The Hall–Kier alpha value is -1.46. The molecule has 100 valence electrons. The Morgan fingerprint density at radius 1 is 1.47 bits per heavy atom. The van der Waals surface area contributed by atoms with Crippen molar-refractivity contribution in [3.8, 4) is 0 Å². The summed E-state index contributed by atoms with van der Waals surface area (Å²) in [6.07, 6.45) is 1.45. The van der Waals surface area contributed by atoms with Gasteiger partial charge in [0.15, 0.2) is 0 Å². The normalized spacial score (nSPS) is 10.3. The lowest BCUT2D eigenvalue weighted by Crippen LogP contribution is -2.07. The Morgan fingerprint density at radius 3 is 3.00 bits per heavy atom. The molecular formula is C13H11BrClNO3. The molecule has 1 N–H and O–H groups in total. The third-order valence-electron chi connectivity index (χ3n) is 2.54. The molecule has 1 heterocycles. The number of benzene rings is 1. The minimum Gasteiger partial charge on any atom is -0.463 e. The predicted molar refractivity (Wildman–Crippen MR) is 76.5 cm³/mol. The van der Waals surface area contributed by atoms with Crippen LogP contribution in [-0.2, 0) is 11.3 Å². The van der Waals surface area contributed by atoms with Crippen molar-refractivity contribution >= 4 is 39.2 Å². The van der Waals surface area contributed by atoms with Crippen molar-refractivity contribution < 1.29 is 13.9 Å². The van der Waals surface area contributed by atoms with Crippen molar-refractivity contribution in [2.24, 2.45) is 0 Å². The minimum atomic E-state index is -0.494. The summed E-state index contributed by atoms with van der Waals surface area (Å²) in [6, 6.07) is 7.23. The van der Waals surface area contributed by atoms with Crippen molar-refractivity contribution in [2.45, 2.75) is 6.54 Å². The SMILES string of the molecule is COC(=O)c1occc1CNc1cccc(Cl)c1Br. The zero-order valence-electron chi connectivity index (χ0n) is 10.1. The molecule has 0 aliphatic rings. The van der Waals surface area contributed by atoms with E-state index < -0.39 is 5.97 Å². The van der Waals surface area contributed by atoms with Crippen LogP contribution in [0.25, 0.3) is 0 Å². The molecule has 0 aliphatic heterocycles. The van der Waals surface area contributed by atoms with E-state index in [4.69, 9.17) is 16.0 Å². The van der Waals surface area contributed by atoms with Gasteiger partial charge >= 0.3 is 5.97 Å². The van der Waals surface area contributed by atoms with Gasteiger partial charge in [-0.05, 0) is 34.1 Å². The molecule has 2 aromatic rings. The molecule has 19 heavy (non-hydrogen) atoms. The van der Waals surface area contributed by atoms with Crippen LogP contribution >= 0.6 is 27.5 Å². The van der Waals surface area contributed by atoms with Gasteiger partial charge in [-0.2, -0.15) is 0 Å². The summed E-state index contributed by atoms with van der Waals surface area (Å²) >= 11 is 9.40. The second kappa shape index (κ2) is 6.12. The average Bonchev–Trinajstić information content (AvgIpc) is 2.88. The molecule has 0 aliphatic carbocycles. The standard InChI is InChI=1S/C13H11BrClNO3/c1-18-13(17)12-8(5-6-19-12)7-16-10-4-2-3-9(15)11(10)14/h2-6,16H,7H2,1H3. The first-order valence-corrected chi connectivity index (χ1v) is 6.63. The molecule has 0 radical (unpaired) electrons. The molecular weight excluding hydrogens is 334 g/mol. The highest BCUT2D eigenvalue weighted by Gasteiger charge is 2.15. The third-order valence-corrected chi connectivity index (χ3v) is 3.94. The number of ether oxygens (including phenoxy) is 1. The van der Waals surface area contributed by atoms with E-state index in [2.05, 4.69) is 26.0 Å². The van der Waals surface area contributed by atoms with Gasteiger partial charge in [-0.3, -0.25) is 0 Å². The van der Waals surface area contributed by atoms with Crippen molar-refractivity contribution in [2.75, 3.05) is 12.4 Å². The largest absolute Gasteiger partial charge is 0.463 e. The topological polar surface area (TPSA) is 51.5 Å². The molecule has 0 saturated carbocycles. The average molecular weight is 345 g/mol. The number of nitrogens with one attached hydrogen (secondary N) is 1. The monoisotopic (exact) mass is 343 g/mol. The maximum Gasteiger partial charge on any atom is 0.374 e. The zero-order valence-corrected chi connectivity index (χ0v) is 12.4. The molecule has 0 amide bonds. The predicted octanol–water partition coefficient (Wildman–Crippen LogP) is 4.09. The minimum absolute atomic E-state index is 0.202. The van der Waals surface area contributed by atoms with E-state index in [1.807, 2.05) is 12.1 Å². The fraction of sp³-hybridized carbons (Fsp3) is 0.154. The van der Waals surface area contributed by atoms with Crippen molar-refractivity contribution in [3.05, 3.63) is 51.3 Å². The van der Waals surface area contributed by atoms with E-state index in [1.54, 1.807) is 12.1 Å². The van der Waals surface area contributed by atoms with Gasteiger partial charge in [-0.1, -0.05) is 17.7 Å². The highest BCUT2D eigenvalue weighted by Crippen LogP contribution is 2.30. The molecule has 0 atom stereocenters. The van der Waals surface area contributed by atoms with Crippen molar-refractivity contribution in [3.63, 3.8) is 0 Å². The lowest BCUT2D eigenvalue weighted by Gasteiger charge is -2.09. The van der Waals surface area contributed by atoms with Gasteiger partial charge in [0.05, 0.1) is 28.6 Å². The molecule has 0 saturated heterocycles. The third kappa shape index (κ3) is 3.11.